The van der Waals surface area contributed by atoms with E-state index in [1.807, 2.05) is 19.0 Å². The Balaban J connectivity index is 1.69. The largest absolute Gasteiger partial charge is 0.377 e. The Kier molecular flexibility index (Phi) is 8.89. The summed E-state index contributed by atoms with van der Waals surface area (Å²) in [5, 5.41) is 2.99. The fraction of sp³-hybridized carbons (Fsp3) is 0.458. The summed E-state index contributed by atoms with van der Waals surface area (Å²) < 4.78 is 33.6. The molecular weight excluding hydrogens is 462 g/mol. The first-order valence-corrected chi connectivity index (χ1v) is 13.0. The molecule has 2 unspecified atom stereocenters. The first-order valence-electron chi connectivity index (χ1n) is 11.2. The maximum absolute atomic E-state index is 12.9. The lowest BCUT2D eigenvalue weighted by Crippen LogP contribution is -2.35. The fourth-order valence-corrected chi connectivity index (χ4v) is 5.39. The molecular formula is C24H32ClN3O4S. The Morgan fingerprint density at radius 3 is 2.55 bits per heavy atom. The molecule has 0 aromatic heterocycles. The van der Waals surface area contributed by atoms with Gasteiger partial charge >= 0.3 is 0 Å². The van der Waals surface area contributed by atoms with Crippen LogP contribution in [-0.2, 0) is 21.2 Å². The van der Waals surface area contributed by atoms with Crippen molar-refractivity contribution in [1.29, 1.82) is 0 Å². The van der Waals surface area contributed by atoms with Gasteiger partial charge in [0.2, 0.25) is 10.0 Å². The number of carbonyl (C=O) groups excluding carboxylic acids is 1. The molecule has 9 heteroatoms. The number of rotatable bonds is 10. The molecule has 33 heavy (non-hydrogen) atoms. The molecule has 1 aliphatic heterocycles. The van der Waals surface area contributed by atoms with E-state index < -0.39 is 10.0 Å². The van der Waals surface area contributed by atoms with Crippen molar-refractivity contribution in [3.8, 4) is 0 Å². The normalized spacial score (nSPS) is 17.3. The van der Waals surface area contributed by atoms with Gasteiger partial charge in [-0.2, -0.15) is 0 Å². The van der Waals surface area contributed by atoms with Crippen molar-refractivity contribution in [2.45, 2.75) is 43.2 Å². The molecule has 0 aliphatic carbocycles. The highest BCUT2D eigenvalue weighted by molar-refractivity contribution is 7.89. The zero-order chi connectivity index (χ0) is 24.0. The summed E-state index contributed by atoms with van der Waals surface area (Å²) in [5.41, 5.74) is 2.58. The van der Waals surface area contributed by atoms with Crippen LogP contribution in [0.25, 0.3) is 0 Å². The molecule has 180 valence electrons. The number of aryl methyl sites for hydroxylation is 1. The topological polar surface area (TPSA) is 87.7 Å². The highest BCUT2D eigenvalue weighted by Crippen LogP contribution is 2.24. The molecule has 1 amide bonds. The van der Waals surface area contributed by atoms with Crippen LogP contribution in [0, 0.1) is 0 Å². The highest BCUT2D eigenvalue weighted by atomic mass is 35.5. The van der Waals surface area contributed by atoms with Gasteiger partial charge in [-0.05, 0) is 62.7 Å². The first-order chi connectivity index (χ1) is 15.7. The summed E-state index contributed by atoms with van der Waals surface area (Å²) in [6.07, 6.45) is 2.56. The molecule has 2 N–H and O–H groups in total. The number of nitrogens with zero attached hydrogens (tertiary/aromatic N) is 1. The lowest BCUT2D eigenvalue weighted by Gasteiger charge is -2.25. The van der Waals surface area contributed by atoms with Gasteiger partial charge < -0.3 is 15.0 Å². The molecule has 2 aromatic carbocycles. The van der Waals surface area contributed by atoms with Crippen LogP contribution < -0.4 is 10.0 Å². The smallest absolute Gasteiger partial charge is 0.251 e. The standard InChI is InChI=1S/C24H32ClN3O4S/c1-4-17-7-9-18(10-8-17)22(28(2)3)16-26-24(29)19-11-12-21(25)23(14-19)33(30,31)27-15-20-6-5-13-32-20/h7-12,14,20,22,27H,4-6,13,15-16H2,1-3H3,(H,26,29). The van der Waals surface area contributed by atoms with Crippen molar-refractivity contribution in [2.75, 3.05) is 33.8 Å². The molecule has 2 aromatic rings. The summed E-state index contributed by atoms with van der Waals surface area (Å²) >= 11 is 6.17. The van der Waals surface area contributed by atoms with Gasteiger partial charge in [0.25, 0.3) is 5.91 Å². The predicted molar refractivity (Wildman–Crippen MR) is 130 cm³/mol. The van der Waals surface area contributed by atoms with Gasteiger partial charge in [0.05, 0.1) is 17.2 Å². The molecule has 2 atom stereocenters. The molecule has 1 fully saturated rings. The monoisotopic (exact) mass is 493 g/mol. The van der Waals surface area contributed by atoms with E-state index in [0.717, 1.165) is 24.8 Å². The Morgan fingerprint density at radius 2 is 1.94 bits per heavy atom. The quantitative estimate of drug-likeness (QED) is 0.529. The summed E-state index contributed by atoms with van der Waals surface area (Å²) in [6, 6.07) is 12.6. The van der Waals surface area contributed by atoms with E-state index in [4.69, 9.17) is 16.3 Å². The summed E-state index contributed by atoms with van der Waals surface area (Å²) in [7, 11) is 0.0322. The van der Waals surface area contributed by atoms with Crippen molar-refractivity contribution in [3.05, 3.63) is 64.2 Å². The van der Waals surface area contributed by atoms with Crippen LogP contribution in [0.5, 0.6) is 0 Å². The molecule has 0 bridgehead atoms. The van der Waals surface area contributed by atoms with Gasteiger partial charge in [0.15, 0.2) is 0 Å². The SMILES string of the molecule is CCc1ccc(C(CNC(=O)c2ccc(Cl)c(S(=O)(=O)NCC3CCCO3)c2)N(C)C)cc1. The number of sulfonamides is 1. The average molecular weight is 494 g/mol. The van der Waals surface area contributed by atoms with Crippen LogP contribution in [0.15, 0.2) is 47.4 Å². The van der Waals surface area contributed by atoms with E-state index in [9.17, 15) is 13.2 Å². The van der Waals surface area contributed by atoms with E-state index in [1.54, 1.807) is 0 Å². The third kappa shape index (κ3) is 6.77. The Hall–Kier alpha value is -1.97. The Bertz CT molecular complexity index is 1050. The number of likely N-dealkylation sites (N-methyl/N-ethyl adjacent to an activating group) is 1. The molecule has 0 saturated carbocycles. The van der Waals surface area contributed by atoms with Crippen LogP contribution in [0.1, 0.15) is 47.3 Å². The number of hydrogen-bond acceptors (Lipinski definition) is 5. The van der Waals surface area contributed by atoms with Crippen LogP contribution in [0.2, 0.25) is 5.02 Å². The van der Waals surface area contributed by atoms with E-state index in [2.05, 4.69) is 41.2 Å². The summed E-state index contributed by atoms with van der Waals surface area (Å²) in [5.74, 6) is -0.362. The number of nitrogens with one attached hydrogen (secondary N) is 2. The third-order valence-electron chi connectivity index (χ3n) is 5.86. The number of amides is 1. The lowest BCUT2D eigenvalue weighted by atomic mass is 10.0. The summed E-state index contributed by atoms with van der Waals surface area (Å²) in [6.45, 7) is 3.30. The van der Waals surface area contributed by atoms with E-state index in [0.29, 0.717) is 13.2 Å². The van der Waals surface area contributed by atoms with Crippen LogP contribution in [0.4, 0.5) is 0 Å². The maximum Gasteiger partial charge on any atom is 0.251 e. The molecule has 0 radical (unpaired) electrons. The molecule has 7 nitrogen and oxygen atoms in total. The predicted octanol–water partition coefficient (Wildman–Crippen LogP) is 3.39. The average Bonchev–Trinajstić information content (AvgIpc) is 3.32. The minimum atomic E-state index is -3.88. The fourth-order valence-electron chi connectivity index (χ4n) is 3.80. The molecule has 1 saturated heterocycles. The Labute approximate surface area is 201 Å². The number of carbonyl (C=O) groups is 1. The van der Waals surface area contributed by atoms with Gasteiger partial charge in [-0.15, -0.1) is 0 Å². The van der Waals surface area contributed by atoms with Crippen LogP contribution in [0.3, 0.4) is 0 Å². The van der Waals surface area contributed by atoms with Gasteiger partial charge in [-0.1, -0.05) is 42.8 Å². The van der Waals surface area contributed by atoms with Crippen molar-refractivity contribution in [2.24, 2.45) is 0 Å². The molecule has 0 spiro atoms. The van der Waals surface area contributed by atoms with Gasteiger partial charge in [-0.25, -0.2) is 13.1 Å². The van der Waals surface area contributed by atoms with Crippen molar-refractivity contribution in [1.82, 2.24) is 14.9 Å². The van der Waals surface area contributed by atoms with E-state index >= 15 is 0 Å². The first kappa shape index (κ1) is 25.6. The van der Waals surface area contributed by atoms with Crippen LogP contribution in [-0.4, -0.2) is 59.1 Å². The highest BCUT2D eigenvalue weighted by Gasteiger charge is 2.24. The number of hydrogen-bond donors (Lipinski definition) is 2. The zero-order valence-corrected chi connectivity index (χ0v) is 20.9. The third-order valence-corrected chi connectivity index (χ3v) is 7.77. The molecule has 3 rings (SSSR count). The summed E-state index contributed by atoms with van der Waals surface area (Å²) in [4.78, 5) is 14.8. The van der Waals surface area contributed by atoms with Crippen molar-refractivity contribution < 1.29 is 17.9 Å². The van der Waals surface area contributed by atoms with Crippen molar-refractivity contribution in [3.63, 3.8) is 0 Å². The molecule has 1 aliphatic rings. The lowest BCUT2D eigenvalue weighted by molar-refractivity contribution is 0.0941. The minimum absolute atomic E-state index is 0.0246. The second-order valence-electron chi connectivity index (χ2n) is 8.42. The van der Waals surface area contributed by atoms with Gasteiger partial charge in [-0.3, -0.25) is 4.79 Å². The van der Waals surface area contributed by atoms with Gasteiger partial charge in [0, 0.05) is 25.3 Å². The number of ether oxygens (including phenoxy) is 1. The van der Waals surface area contributed by atoms with Crippen molar-refractivity contribution >= 4 is 27.5 Å². The minimum Gasteiger partial charge on any atom is -0.377 e. The van der Waals surface area contributed by atoms with E-state index in [-0.39, 0.29) is 40.1 Å². The number of halogens is 1. The zero-order valence-electron chi connectivity index (χ0n) is 19.3. The second-order valence-corrected chi connectivity index (χ2v) is 10.6. The van der Waals surface area contributed by atoms with E-state index in [1.165, 1.54) is 23.8 Å². The second kappa shape index (κ2) is 11.4. The number of benzene rings is 2. The molecule has 1 heterocycles. The maximum atomic E-state index is 12.9. The van der Waals surface area contributed by atoms with Gasteiger partial charge in [0.1, 0.15) is 4.90 Å². The Morgan fingerprint density at radius 1 is 1.21 bits per heavy atom. The van der Waals surface area contributed by atoms with Crippen LogP contribution >= 0.6 is 11.6 Å².